The number of sulfonamides is 1. The van der Waals surface area contributed by atoms with Gasteiger partial charge in [0.15, 0.2) is 5.82 Å². The second kappa shape index (κ2) is 6.58. The largest absolute Gasteiger partial charge is 0.352 e. The van der Waals surface area contributed by atoms with Crippen molar-refractivity contribution in [2.24, 2.45) is 0 Å². The van der Waals surface area contributed by atoms with Crippen molar-refractivity contribution >= 4 is 27.4 Å². The van der Waals surface area contributed by atoms with Gasteiger partial charge in [0, 0.05) is 11.3 Å². The van der Waals surface area contributed by atoms with E-state index in [1.807, 2.05) is 5.32 Å². The topological polar surface area (TPSA) is 93.1 Å². The number of hydrogen-bond acceptors (Lipinski definition) is 4. The molecule has 11 heteroatoms. The smallest absolute Gasteiger partial charge is 0.320 e. The molecule has 3 aromatic rings. The Morgan fingerprint density at radius 1 is 1.10 bits per heavy atom. The summed E-state index contributed by atoms with van der Waals surface area (Å²) in [5, 5.41) is 6.37. The fourth-order valence-corrected chi connectivity index (χ4v) is 4.94. The molecule has 1 aliphatic carbocycles. The molecule has 0 saturated carbocycles. The number of fused-ring (bicyclic) bond motifs is 2. The molecule has 31 heavy (non-hydrogen) atoms. The molecule has 7 nitrogen and oxygen atoms in total. The van der Waals surface area contributed by atoms with E-state index in [4.69, 9.17) is 0 Å². The first-order valence-electron chi connectivity index (χ1n) is 9.40. The highest BCUT2D eigenvalue weighted by Crippen LogP contribution is 2.41. The van der Waals surface area contributed by atoms with Gasteiger partial charge < -0.3 is 5.32 Å². The zero-order valence-corrected chi connectivity index (χ0v) is 16.6. The van der Waals surface area contributed by atoms with Gasteiger partial charge in [-0.05, 0) is 61.7 Å². The van der Waals surface area contributed by atoms with E-state index in [1.54, 1.807) is 4.68 Å². The summed E-state index contributed by atoms with van der Waals surface area (Å²) in [5.41, 5.74) is 1.26. The minimum Gasteiger partial charge on any atom is -0.320 e. The third-order valence-electron chi connectivity index (χ3n) is 5.41. The highest BCUT2D eigenvalue weighted by molar-refractivity contribution is 7.92. The molecule has 160 valence electrons. The van der Waals surface area contributed by atoms with E-state index in [0.29, 0.717) is 24.1 Å². The van der Waals surface area contributed by atoms with E-state index in [0.717, 1.165) is 30.3 Å². The number of alkyl halides is 2. The summed E-state index contributed by atoms with van der Waals surface area (Å²) in [6, 6.07) is 8.68. The van der Waals surface area contributed by atoms with Crippen LogP contribution in [-0.4, -0.2) is 24.1 Å². The predicted molar refractivity (Wildman–Crippen MR) is 105 cm³/mol. The second-order valence-corrected chi connectivity index (χ2v) is 9.04. The highest BCUT2D eigenvalue weighted by atomic mass is 32.2. The van der Waals surface area contributed by atoms with Crippen molar-refractivity contribution in [2.75, 3.05) is 10.0 Å². The molecule has 2 heterocycles. The monoisotopic (exact) mass is 448 g/mol. The third-order valence-corrected chi connectivity index (χ3v) is 6.74. The number of halogens is 3. The van der Waals surface area contributed by atoms with Gasteiger partial charge in [-0.15, -0.1) is 5.10 Å². The first-order valence-corrected chi connectivity index (χ1v) is 10.9. The molecule has 1 aliphatic heterocycles. The van der Waals surface area contributed by atoms with Crippen molar-refractivity contribution in [3.63, 3.8) is 0 Å². The molecule has 1 aromatic heterocycles. The maximum Gasteiger partial charge on any atom is 0.352 e. The first-order chi connectivity index (χ1) is 14.7. The summed E-state index contributed by atoms with van der Waals surface area (Å²) in [6.45, 7) is 0. The molecule has 2 aliphatic rings. The maximum atomic E-state index is 14.1. The van der Waals surface area contributed by atoms with Gasteiger partial charge >= 0.3 is 5.92 Å². The molecule has 2 N–H and O–H groups in total. The fraction of sp³-hybridized carbons (Fsp3) is 0.200. The Hall–Kier alpha value is -3.34. The van der Waals surface area contributed by atoms with Crippen molar-refractivity contribution in [1.29, 1.82) is 0 Å². The van der Waals surface area contributed by atoms with Gasteiger partial charge in [0.05, 0.1) is 21.8 Å². The van der Waals surface area contributed by atoms with Crippen molar-refractivity contribution in [1.82, 2.24) is 9.78 Å². The van der Waals surface area contributed by atoms with E-state index in [-0.39, 0.29) is 11.5 Å². The summed E-state index contributed by atoms with van der Waals surface area (Å²) in [6.07, 6.45) is 2.05. The number of carbonyl (C=O) groups excluding carboxylic acids is 1. The lowest BCUT2D eigenvalue weighted by Crippen LogP contribution is -2.24. The zero-order chi connectivity index (χ0) is 22.0. The number of hydrogen-bond donors (Lipinski definition) is 2. The Morgan fingerprint density at radius 3 is 2.58 bits per heavy atom. The van der Waals surface area contributed by atoms with Crippen LogP contribution in [0.3, 0.4) is 0 Å². The summed E-state index contributed by atoms with van der Waals surface area (Å²) in [4.78, 5) is 11.0. The Balaban J connectivity index is 1.52. The molecule has 0 saturated heterocycles. The van der Waals surface area contributed by atoms with Gasteiger partial charge in [-0.2, -0.15) is 8.78 Å². The highest BCUT2D eigenvalue weighted by Gasteiger charge is 2.48. The summed E-state index contributed by atoms with van der Waals surface area (Å²) < 4.78 is 71.2. The van der Waals surface area contributed by atoms with Gasteiger partial charge in [0.1, 0.15) is 5.82 Å². The van der Waals surface area contributed by atoms with Crippen LogP contribution in [0.4, 0.5) is 24.7 Å². The van der Waals surface area contributed by atoms with Gasteiger partial charge in [-0.25, -0.2) is 17.5 Å². The second-order valence-electron chi connectivity index (χ2n) is 7.36. The van der Waals surface area contributed by atoms with Gasteiger partial charge in [-0.3, -0.25) is 9.52 Å². The number of nitrogens with zero attached hydrogens (tertiary/aromatic N) is 2. The lowest BCUT2D eigenvalue weighted by atomic mass is 10.1. The number of anilines is 2. The quantitative estimate of drug-likeness (QED) is 0.640. The average Bonchev–Trinajstić information content (AvgIpc) is 3.38. The Kier molecular flexibility index (Phi) is 4.16. The van der Waals surface area contributed by atoms with E-state index in [2.05, 4.69) is 9.82 Å². The van der Waals surface area contributed by atoms with Crippen molar-refractivity contribution in [3.05, 3.63) is 65.1 Å². The lowest BCUT2D eigenvalue weighted by Gasteiger charge is -2.10. The number of rotatable bonds is 4. The number of benzene rings is 2. The Morgan fingerprint density at radius 2 is 1.84 bits per heavy atom. The zero-order valence-electron chi connectivity index (χ0n) is 15.8. The van der Waals surface area contributed by atoms with Crippen molar-refractivity contribution < 1.29 is 26.4 Å². The van der Waals surface area contributed by atoms with Crippen LogP contribution in [0.1, 0.15) is 23.2 Å². The van der Waals surface area contributed by atoms with Crippen LogP contribution >= 0.6 is 0 Å². The van der Waals surface area contributed by atoms with Crippen LogP contribution in [0.15, 0.2) is 47.4 Å². The van der Waals surface area contributed by atoms with E-state index < -0.39 is 38.1 Å². The van der Waals surface area contributed by atoms with Crippen molar-refractivity contribution in [2.45, 2.75) is 30.1 Å². The third kappa shape index (κ3) is 3.07. The number of nitrogens with one attached hydrogen (secondary N) is 2. The Bertz CT molecular complexity index is 1330. The molecule has 5 rings (SSSR count). The number of carbonyl (C=O) groups is 1. The van der Waals surface area contributed by atoms with E-state index >= 15 is 0 Å². The minimum atomic E-state index is -4.26. The molecule has 0 fully saturated rings. The lowest BCUT2D eigenvalue weighted by molar-refractivity contribution is -0.139. The molecule has 0 radical (unpaired) electrons. The van der Waals surface area contributed by atoms with Crippen LogP contribution in [0.25, 0.3) is 5.69 Å². The molecule has 0 spiro atoms. The molecule has 1 amide bonds. The van der Waals surface area contributed by atoms with Crippen LogP contribution < -0.4 is 10.0 Å². The molecule has 2 aromatic carbocycles. The van der Waals surface area contributed by atoms with Crippen molar-refractivity contribution in [3.8, 4) is 5.69 Å². The average molecular weight is 448 g/mol. The minimum absolute atomic E-state index is 0.0956. The normalized spacial score (nSPS) is 16.7. The van der Waals surface area contributed by atoms with Crippen LogP contribution in [0, 0.1) is 5.82 Å². The standard InChI is InChI=1S/C20H15F3N4O3S/c21-11-4-6-12(7-5-11)27-17-3-1-2-14(17)18(25-27)26-31(29,30)13-8-9-16-15(10-13)20(22,23)19(28)24-16/h4-10H,1-3H2,(H,24,28)(H,25,26). The van der Waals surface area contributed by atoms with Crippen LogP contribution in [0.5, 0.6) is 0 Å². The fourth-order valence-electron chi connectivity index (χ4n) is 3.88. The molecule has 0 bridgehead atoms. The summed E-state index contributed by atoms with van der Waals surface area (Å²) >= 11 is 0. The SMILES string of the molecule is O=C1Nc2ccc(S(=O)(=O)Nc3nn(-c4ccc(F)cc4)c4c3CCC4)cc2C1(F)F. The van der Waals surface area contributed by atoms with E-state index in [9.17, 15) is 26.4 Å². The molecular weight excluding hydrogens is 433 g/mol. The number of aromatic nitrogens is 2. The van der Waals surface area contributed by atoms with Gasteiger partial charge in [0.2, 0.25) is 0 Å². The van der Waals surface area contributed by atoms with Gasteiger partial charge in [0.25, 0.3) is 15.9 Å². The molecular formula is C20H15F3N4O3S. The first kappa shape index (κ1) is 19.6. The predicted octanol–water partition coefficient (Wildman–Crippen LogP) is 3.34. The number of amides is 1. The molecule has 0 unspecified atom stereocenters. The van der Waals surface area contributed by atoms with Crippen LogP contribution in [-0.2, 0) is 33.6 Å². The summed E-state index contributed by atoms with van der Waals surface area (Å²) in [7, 11) is -4.26. The van der Waals surface area contributed by atoms with Gasteiger partial charge in [-0.1, -0.05) is 0 Å². The van der Waals surface area contributed by atoms with E-state index in [1.165, 1.54) is 24.3 Å². The molecule has 0 atom stereocenters. The maximum absolute atomic E-state index is 14.1. The summed E-state index contributed by atoms with van der Waals surface area (Å²) in [5.74, 6) is -5.62. The van der Waals surface area contributed by atoms with Crippen LogP contribution in [0.2, 0.25) is 0 Å². The Labute approximate surface area is 174 Å².